The number of H-pyrrole nitrogens is 1. The summed E-state index contributed by atoms with van der Waals surface area (Å²) in [5.41, 5.74) is 1.30. The number of sulfonamides is 1. The lowest BCUT2D eigenvalue weighted by atomic mass is 10.2. The maximum Gasteiger partial charge on any atom is 0.417 e. The maximum absolute atomic E-state index is 12.3. The summed E-state index contributed by atoms with van der Waals surface area (Å²) < 4.78 is 31.9. The van der Waals surface area contributed by atoms with Crippen LogP contribution in [0.2, 0.25) is 5.02 Å². The van der Waals surface area contributed by atoms with E-state index in [9.17, 15) is 13.2 Å². The van der Waals surface area contributed by atoms with Crippen molar-refractivity contribution in [3.63, 3.8) is 0 Å². The third-order valence-electron chi connectivity index (χ3n) is 3.11. The van der Waals surface area contributed by atoms with Crippen molar-refractivity contribution < 1.29 is 12.8 Å². The Morgan fingerprint density at radius 1 is 1.18 bits per heavy atom. The molecule has 3 rings (SSSR count). The Morgan fingerprint density at radius 3 is 2.73 bits per heavy atom. The largest absolute Gasteiger partial charge is 0.417 e. The smallest absolute Gasteiger partial charge is 0.408 e. The Kier molecular flexibility index (Phi) is 3.78. The summed E-state index contributed by atoms with van der Waals surface area (Å²) in [6.07, 6.45) is 0. The zero-order chi connectivity index (χ0) is 15.7. The first-order chi connectivity index (χ1) is 10.5. The first-order valence-corrected chi connectivity index (χ1v) is 8.18. The average molecular weight is 339 g/mol. The second-order valence-electron chi connectivity index (χ2n) is 4.59. The van der Waals surface area contributed by atoms with E-state index in [-0.39, 0.29) is 11.4 Å². The molecule has 1 aromatic heterocycles. The van der Waals surface area contributed by atoms with Crippen molar-refractivity contribution in [3.8, 4) is 0 Å². The van der Waals surface area contributed by atoms with Crippen LogP contribution in [0.4, 0.5) is 0 Å². The minimum atomic E-state index is -3.73. The predicted molar refractivity (Wildman–Crippen MR) is 82.3 cm³/mol. The number of aromatic amines is 1. The molecule has 22 heavy (non-hydrogen) atoms. The molecule has 0 saturated carbocycles. The first-order valence-electron chi connectivity index (χ1n) is 6.32. The molecule has 0 aliphatic heterocycles. The van der Waals surface area contributed by atoms with Crippen LogP contribution in [0.5, 0.6) is 0 Å². The van der Waals surface area contributed by atoms with Crippen molar-refractivity contribution in [3.05, 3.63) is 63.6 Å². The molecule has 0 bridgehead atoms. The fourth-order valence-corrected chi connectivity index (χ4v) is 3.23. The van der Waals surface area contributed by atoms with Crippen LogP contribution >= 0.6 is 11.6 Å². The van der Waals surface area contributed by atoms with Crippen LogP contribution in [-0.4, -0.2) is 13.4 Å². The van der Waals surface area contributed by atoms with Crippen molar-refractivity contribution in [2.75, 3.05) is 0 Å². The minimum absolute atomic E-state index is 0.0316. The summed E-state index contributed by atoms with van der Waals surface area (Å²) in [7, 11) is -3.73. The molecule has 8 heteroatoms. The normalized spacial score (nSPS) is 11.9. The van der Waals surface area contributed by atoms with Gasteiger partial charge in [0.2, 0.25) is 10.0 Å². The van der Waals surface area contributed by atoms with E-state index in [1.54, 1.807) is 24.3 Å². The quantitative estimate of drug-likeness (QED) is 0.763. The summed E-state index contributed by atoms with van der Waals surface area (Å²) in [5.74, 6) is -0.631. The molecule has 0 radical (unpaired) electrons. The minimum Gasteiger partial charge on any atom is -0.408 e. The van der Waals surface area contributed by atoms with Gasteiger partial charge in [-0.1, -0.05) is 29.8 Å². The highest BCUT2D eigenvalue weighted by atomic mass is 35.5. The number of halogens is 1. The summed E-state index contributed by atoms with van der Waals surface area (Å²) in [4.78, 5) is 13.5. The number of benzene rings is 2. The second-order valence-corrected chi connectivity index (χ2v) is 6.76. The number of hydrogen-bond acceptors (Lipinski definition) is 4. The number of hydrogen-bond donors (Lipinski definition) is 2. The lowest BCUT2D eigenvalue weighted by molar-refractivity contribution is 0.555. The predicted octanol–water partition coefficient (Wildman–Crippen LogP) is 2.25. The zero-order valence-electron chi connectivity index (χ0n) is 11.2. The highest BCUT2D eigenvalue weighted by molar-refractivity contribution is 7.89. The van der Waals surface area contributed by atoms with E-state index in [0.29, 0.717) is 21.7 Å². The van der Waals surface area contributed by atoms with Crippen molar-refractivity contribution in [1.82, 2.24) is 9.71 Å². The molecule has 2 aromatic carbocycles. The molecule has 1 heterocycles. The van der Waals surface area contributed by atoms with Gasteiger partial charge in [0.25, 0.3) is 0 Å². The molecule has 0 fully saturated rings. The van der Waals surface area contributed by atoms with Gasteiger partial charge in [0.1, 0.15) is 0 Å². The molecular formula is C14H11ClN2O4S. The third-order valence-corrected chi connectivity index (χ3v) is 4.88. The molecule has 0 aliphatic rings. The Hall–Kier alpha value is -2.09. The number of nitrogens with one attached hydrogen (secondary N) is 2. The average Bonchev–Trinajstić information content (AvgIpc) is 2.85. The molecule has 0 amide bonds. The van der Waals surface area contributed by atoms with Crippen molar-refractivity contribution in [2.45, 2.75) is 11.4 Å². The van der Waals surface area contributed by atoms with Gasteiger partial charge in [0.15, 0.2) is 5.58 Å². The monoisotopic (exact) mass is 338 g/mol. The summed E-state index contributed by atoms with van der Waals surface area (Å²) in [6, 6.07) is 11.1. The van der Waals surface area contributed by atoms with Crippen LogP contribution in [0.1, 0.15) is 5.56 Å². The van der Waals surface area contributed by atoms with Crippen molar-refractivity contribution >= 4 is 32.7 Å². The topological polar surface area (TPSA) is 92.2 Å². The van der Waals surface area contributed by atoms with E-state index < -0.39 is 15.8 Å². The van der Waals surface area contributed by atoms with E-state index in [1.807, 2.05) is 0 Å². The Morgan fingerprint density at radius 2 is 1.95 bits per heavy atom. The van der Waals surface area contributed by atoms with Gasteiger partial charge < -0.3 is 4.42 Å². The Labute approximate surface area is 130 Å². The summed E-state index contributed by atoms with van der Waals surface area (Å²) in [5, 5.41) is 0.486. The number of aromatic nitrogens is 1. The van der Waals surface area contributed by atoms with Gasteiger partial charge in [-0.2, -0.15) is 0 Å². The lowest BCUT2D eigenvalue weighted by Gasteiger charge is -2.08. The van der Waals surface area contributed by atoms with Crippen molar-refractivity contribution in [2.24, 2.45) is 0 Å². The number of rotatable bonds is 4. The molecule has 0 aliphatic carbocycles. The van der Waals surface area contributed by atoms with Gasteiger partial charge >= 0.3 is 5.76 Å². The van der Waals surface area contributed by atoms with Gasteiger partial charge in [-0.15, -0.1) is 0 Å². The molecule has 0 spiro atoms. The second kappa shape index (κ2) is 5.60. The molecule has 6 nitrogen and oxygen atoms in total. The van der Waals surface area contributed by atoms with E-state index in [4.69, 9.17) is 16.0 Å². The van der Waals surface area contributed by atoms with Crippen molar-refractivity contribution in [1.29, 1.82) is 0 Å². The van der Waals surface area contributed by atoms with Gasteiger partial charge in [-0.25, -0.2) is 17.9 Å². The van der Waals surface area contributed by atoms with Crippen LogP contribution in [0.15, 0.2) is 56.6 Å². The maximum atomic E-state index is 12.3. The molecule has 2 N–H and O–H groups in total. The third kappa shape index (κ3) is 2.92. The summed E-state index contributed by atoms with van der Waals surface area (Å²) in [6.45, 7) is 0.0714. The summed E-state index contributed by atoms with van der Waals surface area (Å²) >= 11 is 5.99. The molecule has 114 valence electrons. The molecule has 3 aromatic rings. The van der Waals surface area contributed by atoms with Gasteiger partial charge in [0.05, 0.1) is 10.4 Å². The highest BCUT2D eigenvalue weighted by Crippen LogP contribution is 2.18. The standard InChI is InChI=1S/C14H11ClN2O4S/c15-11-4-2-1-3-9(11)8-16-22(19,20)10-5-6-13-12(7-10)17-14(18)21-13/h1-7,16H,8H2,(H,17,18). The van der Waals surface area contributed by atoms with Crippen LogP contribution in [-0.2, 0) is 16.6 Å². The number of fused-ring (bicyclic) bond motifs is 1. The highest BCUT2D eigenvalue weighted by Gasteiger charge is 2.16. The van der Waals surface area contributed by atoms with Gasteiger partial charge in [0, 0.05) is 11.6 Å². The lowest BCUT2D eigenvalue weighted by Crippen LogP contribution is -2.23. The van der Waals surface area contributed by atoms with Crippen LogP contribution in [0.25, 0.3) is 11.1 Å². The van der Waals surface area contributed by atoms with E-state index in [0.717, 1.165) is 0 Å². The first kappa shape index (κ1) is 14.8. The van der Waals surface area contributed by atoms with E-state index in [2.05, 4.69) is 9.71 Å². The fourth-order valence-electron chi connectivity index (χ4n) is 2.00. The van der Waals surface area contributed by atoms with Gasteiger partial charge in [-0.05, 0) is 29.8 Å². The van der Waals surface area contributed by atoms with Crippen LogP contribution in [0, 0.1) is 0 Å². The Bertz CT molecular complexity index is 991. The number of oxazole rings is 1. The van der Waals surface area contributed by atoms with Crippen LogP contribution < -0.4 is 10.5 Å². The van der Waals surface area contributed by atoms with Gasteiger partial charge in [-0.3, -0.25) is 4.98 Å². The SMILES string of the molecule is O=c1[nH]c2cc(S(=O)(=O)NCc3ccccc3Cl)ccc2o1. The fraction of sp³-hybridized carbons (Fsp3) is 0.0714. The Balaban J connectivity index is 1.88. The molecule has 0 unspecified atom stereocenters. The van der Waals surface area contributed by atoms with Crippen LogP contribution in [0.3, 0.4) is 0 Å². The molecule has 0 saturated heterocycles. The zero-order valence-corrected chi connectivity index (χ0v) is 12.7. The van der Waals surface area contributed by atoms with E-state index in [1.165, 1.54) is 18.2 Å². The molecule has 0 atom stereocenters. The van der Waals surface area contributed by atoms with E-state index >= 15 is 0 Å². The molecular weight excluding hydrogens is 328 g/mol.